The molecule has 0 saturated carbocycles. The second-order valence-corrected chi connectivity index (χ2v) is 3.91. The van der Waals surface area contributed by atoms with Crippen LogP contribution in [0, 0.1) is 17.0 Å². The molecule has 0 aliphatic carbocycles. The monoisotopic (exact) mass is 264 g/mol. The Bertz CT molecular complexity index is 588. The predicted octanol–water partition coefficient (Wildman–Crippen LogP) is 1.01. The van der Waals surface area contributed by atoms with Crippen LogP contribution in [0.25, 0.3) is 0 Å². The van der Waals surface area contributed by atoms with Crippen molar-refractivity contribution in [3.8, 4) is 0 Å². The molecule has 0 unspecified atom stereocenters. The van der Waals surface area contributed by atoms with Crippen molar-refractivity contribution in [3.05, 3.63) is 46.2 Å². The topological polar surface area (TPSA) is 103 Å². The Morgan fingerprint density at radius 1 is 1.63 bits per heavy atom. The van der Waals surface area contributed by atoms with Crippen molar-refractivity contribution >= 4 is 11.6 Å². The lowest BCUT2D eigenvalue weighted by Gasteiger charge is -2.02. The number of nitro groups is 1. The minimum absolute atomic E-state index is 0.0740. The number of furan rings is 1. The molecular formula is C11H12N4O4. The van der Waals surface area contributed by atoms with Gasteiger partial charge in [-0.15, -0.1) is 0 Å². The largest absolute Gasteiger partial charge is 0.467 e. The van der Waals surface area contributed by atoms with E-state index in [1.54, 1.807) is 12.1 Å². The zero-order chi connectivity index (χ0) is 13.8. The Labute approximate surface area is 108 Å². The van der Waals surface area contributed by atoms with E-state index >= 15 is 0 Å². The summed E-state index contributed by atoms with van der Waals surface area (Å²) in [5, 5.41) is 17.2. The van der Waals surface area contributed by atoms with Crippen molar-refractivity contribution in [3.63, 3.8) is 0 Å². The van der Waals surface area contributed by atoms with Gasteiger partial charge in [-0.1, -0.05) is 0 Å². The minimum Gasteiger partial charge on any atom is -0.467 e. The number of rotatable bonds is 5. The Balaban J connectivity index is 1.91. The zero-order valence-electron chi connectivity index (χ0n) is 10.2. The molecule has 2 aromatic rings. The van der Waals surface area contributed by atoms with E-state index in [9.17, 15) is 14.9 Å². The number of amides is 1. The third kappa shape index (κ3) is 3.18. The van der Waals surface area contributed by atoms with E-state index in [0.717, 1.165) is 0 Å². The van der Waals surface area contributed by atoms with Gasteiger partial charge in [0.1, 0.15) is 24.2 Å². The molecule has 100 valence electrons. The van der Waals surface area contributed by atoms with E-state index in [0.29, 0.717) is 5.76 Å². The minimum atomic E-state index is -0.528. The van der Waals surface area contributed by atoms with Crippen LogP contribution in [0.1, 0.15) is 11.5 Å². The van der Waals surface area contributed by atoms with Gasteiger partial charge in [0.05, 0.1) is 17.7 Å². The second-order valence-electron chi connectivity index (χ2n) is 3.91. The number of nitrogens with one attached hydrogen (secondary N) is 1. The maximum atomic E-state index is 11.6. The first-order chi connectivity index (χ1) is 9.06. The Hall–Kier alpha value is -2.64. The second kappa shape index (κ2) is 5.34. The van der Waals surface area contributed by atoms with Gasteiger partial charge in [0.2, 0.25) is 5.91 Å². The van der Waals surface area contributed by atoms with Gasteiger partial charge >= 0.3 is 5.69 Å². The molecule has 0 aliphatic heterocycles. The van der Waals surface area contributed by atoms with Crippen LogP contribution in [0.5, 0.6) is 0 Å². The number of hydrogen-bond acceptors (Lipinski definition) is 5. The Morgan fingerprint density at radius 3 is 3.00 bits per heavy atom. The van der Waals surface area contributed by atoms with Gasteiger partial charge in [-0.2, -0.15) is 5.10 Å². The fourth-order valence-electron chi connectivity index (χ4n) is 1.57. The van der Waals surface area contributed by atoms with Gasteiger partial charge < -0.3 is 9.73 Å². The highest BCUT2D eigenvalue weighted by Crippen LogP contribution is 2.14. The fraction of sp³-hybridized carbons (Fsp3) is 0.273. The molecule has 1 amide bonds. The summed E-state index contributed by atoms with van der Waals surface area (Å²) in [4.78, 5) is 21.7. The molecule has 2 aromatic heterocycles. The molecule has 0 atom stereocenters. The molecule has 0 fully saturated rings. The lowest BCUT2D eigenvalue weighted by molar-refractivity contribution is -0.385. The molecule has 8 heteroatoms. The number of aromatic nitrogens is 2. The summed E-state index contributed by atoms with van der Waals surface area (Å²) >= 11 is 0. The van der Waals surface area contributed by atoms with Gasteiger partial charge in [0, 0.05) is 0 Å². The average molecular weight is 264 g/mol. The number of nitrogens with zero attached hydrogens (tertiary/aromatic N) is 3. The van der Waals surface area contributed by atoms with Gasteiger partial charge in [0.25, 0.3) is 0 Å². The maximum Gasteiger partial charge on any atom is 0.309 e. The van der Waals surface area contributed by atoms with Crippen LogP contribution in [0.2, 0.25) is 0 Å². The third-order valence-electron chi connectivity index (χ3n) is 2.46. The summed E-state index contributed by atoms with van der Waals surface area (Å²) in [5.41, 5.74) is 0.183. The maximum absolute atomic E-state index is 11.6. The summed E-state index contributed by atoms with van der Waals surface area (Å²) < 4.78 is 6.30. The highest BCUT2D eigenvalue weighted by molar-refractivity contribution is 5.75. The van der Waals surface area contributed by atoms with Gasteiger partial charge in [-0.3, -0.25) is 19.6 Å². The molecule has 1 N–H and O–H groups in total. The van der Waals surface area contributed by atoms with E-state index in [1.165, 1.54) is 24.1 Å². The van der Waals surface area contributed by atoms with Crippen molar-refractivity contribution in [2.24, 2.45) is 0 Å². The van der Waals surface area contributed by atoms with E-state index in [2.05, 4.69) is 10.4 Å². The molecule has 0 aliphatic rings. The quantitative estimate of drug-likeness (QED) is 0.641. The SMILES string of the molecule is Cc1nn(CC(=O)NCc2ccco2)cc1[N+](=O)[O-]. The van der Waals surface area contributed by atoms with Crippen LogP contribution in [0.15, 0.2) is 29.0 Å². The van der Waals surface area contributed by atoms with Crippen molar-refractivity contribution in [2.45, 2.75) is 20.0 Å². The first-order valence-corrected chi connectivity index (χ1v) is 5.54. The summed E-state index contributed by atoms with van der Waals surface area (Å²) in [6.45, 7) is 1.72. The molecule has 0 spiro atoms. The lowest BCUT2D eigenvalue weighted by Crippen LogP contribution is -2.27. The summed E-state index contributed by atoms with van der Waals surface area (Å²) in [6, 6.07) is 3.46. The van der Waals surface area contributed by atoms with Gasteiger partial charge in [-0.05, 0) is 19.1 Å². The smallest absolute Gasteiger partial charge is 0.309 e. The van der Waals surface area contributed by atoms with Crippen LogP contribution < -0.4 is 5.32 Å². The average Bonchev–Trinajstić information content (AvgIpc) is 2.96. The summed E-state index contributed by atoms with van der Waals surface area (Å²) in [7, 11) is 0. The number of hydrogen-bond donors (Lipinski definition) is 1. The molecule has 0 radical (unpaired) electrons. The summed E-state index contributed by atoms with van der Waals surface area (Å²) in [5.74, 6) is 0.338. The van der Waals surface area contributed by atoms with Gasteiger partial charge in [0.15, 0.2) is 0 Å². The number of carbonyl (C=O) groups excluding carboxylic acids is 1. The Morgan fingerprint density at radius 2 is 2.42 bits per heavy atom. The first kappa shape index (κ1) is 12.8. The molecule has 0 saturated heterocycles. The number of aryl methyl sites for hydroxylation is 1. The first-order valence-electron chi connectivity index (χ1n) is 5.54. The number of carbonyl (C=O) groups is 1. The molecule has 0 bridgehead atoms. The van der Waals surface area contributed by atoms with Crippen LogP contribution in [0.4, 0.5) is 5.69 Å². The van der Waals surface area contributed by atoms with E-state index in [-0.39, 0.29) is 30.4 Å². The fourth-order valence-corrected chi connectivity index (χ4v) is 1.57. The molecule has 2 heterocycles. The van der Waals surface area contributed by atoms with Crippen LogP contribution in [-0.2, 0) is 17.9 Å². The van der Waals surface area contributed by atoms with E-state index in [1.807, 2.05) is 0 Å². The third-order valence-corrected chi connectivity index (χ3v) is 2.46. The van der Waals surface area contributed by atoms with Crippen molar-refractivity contribution in [1.82, 2.24) is 15.1 Å². The highest BCUT2D eigenvalue weighted by Gasteiger charge is 2.16. The van der Waals surface area contributed by atoms with E-state index < -0.39 is 4.92 Å². The molecule has 19 heavy (non-hydrogen) atoms. The Kier molecular flexibility index (Phi) is 3.60. The van der Waals surface area contributed by atoms with Crippen LogP contribution >= 0.6 is 0 Å². The standard InChI is InChI=1S/C11H12N4O4/c1-8-10(15(17)18)6-14(13-8)7-11(16)12-5-9-3-2-4-19-9/h2-4,6H,5,7H2,1H3,(H,12,16). The zero-order valence-corrected chi connectivity index (χ0v) is 10.2. The van der Waals surface area contributed by atoms with E-state index in [4.69, 9.17) is 4.42 Å². The van der Waals surface area contributed by atoms with Gasteiger partial charge in [-0.25, -0.2) is 0 Å². The lowest BCUT2D eigenvalue weighted by atomic mass is 10.4. The normalized spacial score (nSPS) is 10.4. The molecule has 2 rings (SSSR count). The van der Waals surface area contributed by atoms with Crippen molar-refractivity contribution in [2.75, 3.05) is 0 Å². The van der Waals surface area contributed by atoms with Crippen LogP contribution in [-0.4, -0.2) is 20.6 Å². The van der Waals surface area contributed by atoms with Crippen LogP contribution in [0.3, 0.4) is 0 Å². The van der Waals surface area contributed by atoms with Crippen molar-refractivity contribution < 1.29 is 14.1 Å². The molecule has 0 aromatic carbocycles. The highest BCUT2D eigenvalue weighted by atomic mass is 16.6. The molecular weight excluding hydrogens is 252 g/mol. The van der Waals surface area contributed by atoms with Crippen molar-refractivity contribution in [1.29, 1.82) is 0 Å². The summed E-state index contributed by atoms with van der Waals surface area (Å²) in [6.07, 6.45) is 2.75. The molecule has 8 nitrogen and oxygen atoms in total. The predicted molar refractivity (Wildman–Crippen MR) is 64.2 cm³/mol.